The van der Waals surface area contributed by atoms with Crippen molar-refractivity contribution in [3.05, 3.63) is 61.2 Å². The molecule has 0 spiro atoms. The molecule has 2 aromatic rings. The zero-order valence-corrected chi connectivity index (χ0v) is 30.5. The SMILES string of the molecule is C=C[C@@H]1C[C@@]1(NC(=O)[C@@H]1C[C@@H](O/N=C/c2ccccc2-n2ccnc2)CN1C(=O)[C@@H](NC(=O)OC1CCCC1)C(C)(C)C)C(=O)NS(=O)(=O)C1CC1. The Labute approximate surface area is 303 Å². The van der Waals surface area contributed by atoms with E-state index in [1.165, 1.54) is 17.2 Å². The quantitative estimate of drug-likeness (QED) is 0.158. The Morgan fingerprint density at radius 3 is 2.46 bits per heavy atom. The van der Waals surface area contributed by atoms with Crippen LogP contribution in [0.15, 0.2) is 60.8 Å². The number of nitrogens with one attached hydrogen (secondary N) is 3. The number of oxime groups is 1. The standard InChI is InChI=1S/C36H47N7O8S/c1-5-24-19-36(24,33(46)41-52(48,49)27-14-15-27)40-31(44)29-18-26(51-38-20-23-10-6-9-13-28(23)42-17-16-37-22-42)21-43(29)32(45)30(35(2,3)4)39-34(47)50-25-11-7-8-12-25/h5-6,9-10,13,16-17,20,22,24-27,29-30H,1,7-8,11-12,14-15,18-19,21H2,2-4H3,(H,39,47)(H,40,44)(H,41,46)/b38-20+/t24-,26-,29+,30-,36+/m1/s1. The van der Waals surface area contributed by atoms with E-state index in [4.69, 9.17) is 9.57 Å². The number of sulfonamides is 1. The van der Waals surface area contributed by atoms with Crippen molar-refractivity contribution in [3.63, 3.8) is 0 Å². The van der Waals surface area contributed by atoms with Crippen LogP contribution in [-0.4, -0.2) is 94.5 Å². The first kappa shape index (κ1) is 37.0. The number of ether oxygens (including phenoxy) is 1. The van der Waals surface area contributed by atoms with E-state index >= 15 is 0 Å². The maximum Gasteiger partial charge on any atom is 0.408 e. The monoisotopic (exact) mass is 737 g/mol. The summed E-state index contributed by atoms with van der Waals surface area (Å²) in [6.07, 6.45) is 11.0. The number of carbonyl (C=O) groups excluding carboxylic acids is 4. The summed E-state index contributed by atoms with van der Waals surface area (Å²) in [5, 5.41) is 9.11. The summed E-state index contributed by atoms with van der Waals surface area (Å²) in [4.78, 5) is 66.3. The molecule has 4 fully saturated rings. The predicted molar refractivity (Wildman–Crippen MR) is 191 cm³/mol. The van der Waals surface area contributed by atoms with Crippen molar-refractivity contribution in [3.8, 4) is 5.69 Å². The van der Waals surface area contributed by atoms with Crippen LogP contribution in [0.4, 0.5) is 4.79 Å². The molecule has 0 bridgehead atoms. The summed E-state index contributed by atoms with van der Waals surface area (Å²) in [6, 6.07) is 5.26. The summed E-state index contributed by atoms with van der Waals surface area (Å²) >= 11 is 0. The highest BCUT2D eigenvalue weighted by Gasteiger charge is 2.62. The number of rotatable bonds is 13. The highest BCUT2D eigenvalue weighted by Crippen LogP contribution is 2.45. The Kier molecular flexibility index (Phi) is 10.5. The molecule has 3 aliphatic carbocycles. The molecule has 1 aromatic carbocycles. The smallest absolute Gasteiger partial charge is 0.408 e. The van der Waals surface area contributed by atoms with Crippen molar-refractivity contribution in [2.24, 2.45) is 16.5 Å². The number of alkyl carbamates (subject to hydrolysis) is 1. The van der Waals surface area contributed by atoms with Gasteiger partial charge in [0, 0.05) is 30.3 Å². The molecule has 0 radical (unpaired) electrons. The van der Waals surface area contributed by atoms with Crippen LogP contribution in [0, 0.1) is 11.3 Å². The zero-order valence-electron chi connectivity index (χ0n) is 29.7. The van der Waals surface area contributed by atoms with Gasteiger partial charge in [0.1, 0.15) is 29.8 Å². The molecular formula is C36H47N7O8S. The van der Waals surface area contributed by atoms with E-state index < -0.39 is 74.1 Å². The van der Waals surface area contributed by atoms with Gasteiger partial charge in [-0.15, -0.1) is 6.58 Å². The van der Waals surface area contributed by atoms with Crippen molar-refractivity contribution >= 4 is 40.1 Å². The first-order valence-electron chi connectivity index (χ1n) is 17.8. The lowest BCUT2D eigenvalue weighted by Gasteiger charge is -2.35. The minimum absolute atomic E-state index is 0.0122. The Morgan fingerprint density at radius 2 is 1.83 bits per heavy atom. The molecule has 1 aromatic heterocycles. The number of aromatic nitrogens is 2. The lowest BCUT2D eigenvalue weighted by Crippen LogP contribution is -2.60. The second-order valence-electron chi connectivity index (χ2n) is 15.2. The van der Waals surface area contributed by atoms with Gasteiger partial charge in [-0.2, -0.15) is 0 Å². The van der Waals surface area contributed by atoms with Gasteiger partial charge >= 0.3 is 6.09 Å². The summed E-state index contributed by atoms with van der Waals surface area (Å²) < 4.78 is 34.9. The fourth-order valence-corrected chi connectivity index (χ4v) is 8.28. The van der Waals surface area contributed by atoms with Crippen molar-refractivity contribution in [2.45, 2.75) is 107 Å². The number of benzene rings is 1. The summed E-state index contributed by atoms with van der Waals surface area (Å²) in [6.45, 7) is 9.10. The van der Waals surface area contributed by atoms with Crippen molar-refractivity contribution in [2.75, 3.05) is 6.54 Å². The van der Waals surface area contributed by atoms with Crippen LogP contribution >= 0.6 is 0 Å². The molecule has 6 rings (SSSR count). The van der Waals surface area contributed by atoms with Gasteiger partial charge in [-0.05, 0) is 56.4 Å². The van der Waals surface area contributed by atoms with Gasteiger partial charge in [-0.1, -0.05) is 50.2 Å². The third-order valence-corrected chi connectivity index (χ3v) is 12.0. The van der Waals surface area contributed by atoms with E-state index in [-0.39, 0.29) is 25.5 Å². The number of likely N-dealkylation sites (tertiary alicyclic amines) is 1. The van der Waals surface area contributed by atoms with Crippen LogP contribution in [-0.2, 0) is 34.0 Å². The van der Waals surface area contributed by atoms with Gasteiger partial charge in [-0.3, -0.25) is 19.1 Å². The maximum atomic E-state index is 14.4. The van der Waals surface area contributed by atoms with Crippen LogP contribution in [0.5, 0.6) is 0 Å². The number of hydrogen-bond donors (Lipinski definition) is 3. The van der Waals surface area contributed by atoms with Gasteiger partial charge in [0.25, 0.3) is 5.91 Å². The largest absolute Gasteiger partial charge is 0.446 e. The van der Waals surface area contributed by atoms with Gasteiger partial charge in [-0.25, -0.2) is 18.2 Å². The van der Waals surface area contributed by atoms with Crippen molar-refractivity contribution in [1.29, 1.82) is 0 Å². The number of amides is 4. The topological polar surface area (TPSA) is 190 Å². The zero-order chi connectivity index (χ0) is 37.3. The van der Waals surface area contributed by atoms with Crippen LogP contribution in [0.25, 0.3) is 5.69 Å². The Morgan fingerprint density at radius 1 is 1.10 bits per heavy atom. The molecule has 0 unspecified atom stereocenters. The first-order chi connectivity index (χ1) is 24.7. The van der Waals surface area contributed by atoms with E-state index in [1.807, 2.05) is 28.8 Å². The summed E-state index contributed by atoms with van der Waals surface area (Å²) in [5.74, 6) is -2.56. The molecule has 16 heteroatoms. The molecule has 52 heavy (non-hydrogen) atoms. The van der Waals surface area contributed by atoms with Crippen LogP contribution in [0.2, 0.25) is 0 Å². The molecule has 4 amide bonds. The molecule has 280 valence electrons. The molecule has 5 atom stereocenters. The lowest BCUT2D eigenvalue weighted by atomic mass is 9.85. The second kappa shape index (κ2) is 14.7. The molecule has 3 saturated carbocycles. The van der Waals surface area contributed by atoms with E-state index in [0.717, 1.165) is 36.9 Å². The lowest BCUT2D eigenvalue weighted by molar-refractivity contribution is -0.143. The number of nitrogens with zero attached hydrogens (tertiary/aromatic N) is 4. The third-order valence-electron chi connectivity index (χ3n) is 10.2. The average molecular weight is 738 g/mol. The molecule has 2 heterocycles. The highest BCUT2D eigenvalue weighted by atomic mass is 32.2. The Balaban J connectivity index is 1.23. The summed E-state index contributed by atoms with van der Waals surface area (Å²) in [7, 11) is -3.89. The Bertz CT molecular complexity index is 1810. The van der Waals surface area contributed by atoms with Crippen LogP contribution in [0.3, 0.4) is 0 Å². The van der Waals surface area contributed by atoms with Gasteiger partial charge < -0.3 is 29.7 Å². The van der Waals surface area contributed by atoms with E-state index in [1.54, 1.807) is 39.5 Å². The number of carbonyl (C=O) groups is 4. The Hall–Kier alpha value is -4.73. The average Bonchev–Trinajstić information content (AvgIpc) is 3.84. The van der Waals surface area contributed by atoms with Crippen LogP contribution in [0.1, 0.15) is 77.7 Å². The molecule has 15 nitrogen and oxygen atoms in total. The van der Waals surface area contributed by atoms with Crippen molar-refractivity contribution in [1.82, 2.24) is 29.8 Å². The van der Waals surface area contributed by atoms with Gasteiger partial charge in [0.15, 0.2) is 0 Å². The molecular weight excluding hydrogens is 691 g/mol. The first-order valence-corrected chi connectivity index (χ1v) is 19.3. The molecule has 4 aliphatic rings. The van der Waals surface area contributed by atoms with E-state index in [2.05, 4.69) is 32.1 Å². The molecule has 3 N–H and O–H groups in total. The number of para-hydroxylation sites is 1. The maximum absolute atomic E-state index is 14.4. The van der Waals surface area contributed by atoms with E-state index in [9.17, 15) is 27.6 Å². The van der Waals surface area contributed by atoms with Crippen LogP contribution < -0.4 is 15.4 Å². The minimum Gasteiger partial charge on any atom is -0.446 e. The normalized spacial score (nSPS) is 25.4. The van der Waals surface area contributed by atoms with Gasteiger partial charge in [0.05, 0.1) is 30.0 Å². The third kappa shape index (κ3) is 8.16. The minimum atomic E-state index is -3.89. The van der Waals surface area contributed by atoms with Gasteiger partial charge in [0.2, 0.25) is 21.8 Å². The van der Waals surface area contributed by atoms with Crippen molar-refractivity contribution < 1.29 is 37.2 Å². The fraction of sp³-hybridized carbons (Fsp3) is 0.556. The van der Waals surface area contributed by atoms with E-state index in [0.29, 0.717) is 12.8 Å². The summed E-state index contributed by atoms with van der Waals surface area (Å²) in [5.41, 5.74) is -0.790. The molecule has 1 saturated heterocycles. The number of hydrogen-bond acceptors (Lipinski definition) is 10. The fourth-order valence-electron chi connectivity index (χ4n) is 6.92. The number of imidazole rings is 1. The second-order valence-corrected chi connectivity index (χ2v) is 17.1. The highest BCUT2D eigenvalue weighted by molar-refractivity contribution is 7.91. The predicted octanol–water partition coefficient (Wildman–Crippen LogP) is 2.95. The molecule has 1 aliphatic heterocycles.